The first-order chi connectivity index (χ1) is 13.6. The van der Waals surface area contributed by atoms with Crippen molar-refractivity contribution in [2.75, 3.05) is 6.54 Å². The van der Waals surface area contributed by atoms with Crippen molar-refractivity contribution in [3.05, 3.63) is 40.1 Å². The van der Waals surface area contributed by atoms with Gasteiger partial charge in [-0.1, -0.05) is 12.8 Å². The van der Waals surface area contributed by atoms with Crippen LogP contribution >= 0.6 is 15.9 Å². The second-order valence-electron chi connectivity index (χ2n) is 8.13. The van der Waals surface area contributed by atoms with Gasteiger partial charge in [-0.2, -0.15) is 0 Å². The minimum atomic E-state index is 0.165. The Hall–Kier alpha value is -2.08. The molecule has 2 aliphatic rings. The van der Waals surface area contributed by atoms with E-state index in [1.54, 1.807) is 0 Å². The van der Waals surface area contributed by atoms with E-state index in [0.29, 0.717) is 28.2 Å². The molecule has 1 N–H and O–H groups in total. The molecule has 0 spiro atoms. The van der Waals surface area contributed by atoms with Gasteiger partial charge in [0.15, 0.2) is 16.3 Å². The number of nitrogens with zero attached hydrogens (tertiary/aromatic N) is 2. The highest BCUT2D eigenvalue weighted by Gasteiger charge is 2.36. The average Bonchev–Trinajstić information content (AvgIpc) is 3.33. The van der Waals surface area contributed by atoms with Crippen LogP contribution in [0, 0.1) is 12.8 Å². The lowest BCUT2D eigenvalue weighted by Gasteiger charge is -2.44. The molecular formula is C22H24BrN3O2. The quantitative estimate of drug-likeness (QED) is 0.555. The topological polar surface area (TPSA) is 62.1 Å². The number of fused-ring (bicyclic) bond motifs is 2. The van der Waals surface area contributed by atoms with Gasteiger partial charge in [0.25, 0.3) is 5.91 Å². The largest absolute Gasteiger partial charge is 0.446 e. The summed E-state index contributed by atoms with van der Waals surface area (Å²) in [6.07, 6.45) is 7.37. The summed E-state index contributed by atoms with van der Waals surface area (Å²) in [6, 6.07) is 8.08. The molecule has 1 aliphatic carbocycles. The zero-order valence-corrected chi connectivity index (χ0v) is 17.6. The third kappa shape index (κ3) is 3.08. The Balaban J connectivity index is 1.49. The van der Waals surface area contributed by atoms with E-state index in [2.05, 4.69) is 30.8 Å². The monoisotopic (exact) mass is 441 g/mol. The number of halogens is 1. The van der Waals surface area contributed by atoms with Gasteiger partial charge < -0.3 is 14.3 Å². The number of hydrogen-bond acceptors (Lipinski definition) is 3. The highest BCUT2D eigenvalue weighted by atomic mass is 79.9. The number of H-pyrrole nitrogens is 1. The van der Waals surface area contributed by atoms with Crippen molar-refractivity contribution in [1.82, 2.24) is 14.9 Å². The Labute approximate surface area is 172 Å². The molecular weight excluding hydrogens is 418 g/mol. The number of piperidine rings is 1. The molecule has 1 saturated heterocycles. The molecule has 6 heteroatoms. The van der Waals surface area contributed by atoms with Crippen LogP contribution in [-0.4, -0.2) is 33.4 Å². The van der Waals surface area contributed by atoms with E-state index < -0.39 is 0 Å². The molecule has 5 nitrogen and oxygen atoms in total. The third-order valence-electron chi connectivity index (χ3n) is 6.33. The van der Waals surface area contributed by atoms with Crippen LogP contribution in [-0.2, 0) is 0 Å². The Morgan fingerprint density at radius 2 is 2.04 bits per heavy atom. The Bertz CT molecular complexity index is 1040. The SMILES string of the molecule is Cc1cc(C(=O)N2CCCC3CCCCC32)cc2[nH]c(-c3ccc(Br)o3)nc12. The van der Waals surface area contributed by atoms with Crippen molar-refractivity contribution >= 4 is 32.9 Å². The van der Waals surface area contributed by atoms with Crippen molar-refractivity contribution in [3.8, 4) is 11.6 Å². The summed E-state index contributed by atoms with van der Waals surface area (Å²) in [4.78, 5) is 23.5. The number of furan rings is 1. The number of hydrogen-bond donors (Lipinski definition) is 1. The summed E-state index contributed by atoms with van der Waals surface area (Å²) in [7, 11) is 0. The maximum atomic E-state index is 13.4. The summed E-state index contributed by atoms with van der Waals surface area (Å²) < 4.78 is 6.29. The second kappa shape index (κ2) is 7.07. The number of imidazole rings is 1. The molecule has 2 atom stereocenters. The van der Waals surface area contributed by atoms with Gasteiger partial charge in [-0.05, 0) is 84.3 Å². The first-order valence-electron chi connectivity index (χ1n) is 10.2. The van der Waals surface area contributed by atoms with E-state index in [9.17, 15) is 4.79 Å². The van der Waals surface area contributed by atoms with E-state index in [1.807, 2.05) is 31.2 Å². The maximum absolute atomic E-state index is 13.4. The van der Waals surface area contributed by atoms with Gasteiger partial charge in [-0.15, -0.1) is 0 Å². The van der Waals surface area contributed by atoms with Crippen molar-refractivity contribution in [2.24, 2.45) is 5.92 Å². The first-order valence-corrected chi connectivity index (χ1v) is 11.0. The molecule has 1 amide bonds. The predicted molar refractivity (Wildman–Crippen MR) is 112 cm³/mol. The Kier molecular flexibility index (Phi) is 4.54. The summed E-state index contributed by atoms with van der Waals surface area (Å²) in [5, 5.41) is 0. The van der Waals surface area contributed by atoms with Crippen LogP contribution in [0.3, 0.4) is 0 Å². The van der Waals surface area contributed by atoms with E-state index in [0.717, 1.165) is 41.5 Å². The fourth-order valence-electron chi connectivity index (χ4n) is 5.02. The highest BCUT2D eigenvalue weighted by molar-refractivity contribution is 9.10. The molecule has 0 bridgehead atoms. The molecule has 5 rings (SSSR count). The number of carbonyl (C=O) groups excluding carboxylic acids is 1. The molecule has 146 valence electrons. The molecule has 1 aliphatic heterocycles. The number of aromatic amines is 1. The average molecular weight is 442 g/mol. The third-order valence-corrected chi connectivity index (χ3v) is 6.76. The normalized spacial score (nSPS) is 22.4. The minimum absolute atomic E-state index is 0.165. The van der Waals surface area contributed by atoms with Gasteiger partial charge in [0.05, 0.1) is 11.0 Å². The van der Waals surface area contributed by atoms with Crippen LogP contribution in [0.5, 0.6) is 0 Å². The first kappa shape index (κ1) is 18.0. The fraction of sp³-hybridized carbons (Fsp3) is 0.455. The Morgan fingerprint density at radius 1 is 1.21 bits per heavy atom. The minimum Gasteiger partial charge on any atom is -0.446 e. The number of rotatable bonds is 2. The number of benzene rings is 1. The molecule has 0 radical (unpaired) electrons. The van der Waals surface area contributed by atoms with Gasteiger partial charge in [-0.25, -0.2) is 4.98 Å². The molecule has 1 saturated carbocycles. The summed E-state index contributed by atoms with van der Waals surface area (Å²) >= 11 is 3.33. The van der Waals surface area contributed by atoms with Crippen molar-refractivity contribution in [1.29, 1.82) is 0 Å². The number of carbonyl (C=O) groups is 1. The lowest BCUT2D eigenvalue weighted by atomic mass is 9.78. The zero-order valence-electron chi connectivity index (χ0n) is 16.0. The second-order valence-corrected chi connectivity index (χ2v) is 8.91. The Morgan fingerprint density at radius 3 is 2.86 bits per heavy atom. The predicted octanol–water partition coefficient (Wildman–Crippen LogP) is 5.69. The number of aromatic nitrogens is 2. The number of amides is 1. The van der Waals surface area contributed by atoms with Crippen molar-refractivity contribution < 1.29 is 9.21 Å². The molecule has 2 fully saturated rings. The van der Waals surface area contributed by atoms with E-state index >= 15 is 0 Å². The van der Waals surface area contributed by atoms with Crippen molar-refractivity contribution in [3.63, 3.8) is 0 Å². The van der Waals surface area contributed by atoms with E-state index in [4.69, 9.17) is 4.42 Å². The van der Waals surface area contributed by atoms with Gasteiger partial charge >= 0.3 is 0 Å². The smallest absolute Gasteiger partial charge is 0.254 e. The molecule has 28 heavy (non-hydrogen) atoms. The molecule has 3 heterocycles. The van der Waals surface area contributed by atoms with Crippen LogP contribution < -0.4 is 0 Å². The number of aryl methyl sites for hydroxylation is 1. The molecule has 3 aromatic rings. The maximum Gasteiger partial charge on any atom is 0.254 e. The van der Waals surface area contributed by atoms with E-state index in [1.165, 1.54) is 25.7 Å². The van der Waals surface area contributed by atoms with Gasteiger partial charge in [-0.3, -0.25) is 4.79 Å². The van der Waals surface area contributed by atoms with Gasteiger partial charge in [0.1, 0.15) is 0 Å². The molecule has 2 aromatic heterocycles. The van der Waals surface area contributed by atoms with Crippen LogP contribution in [0.4, 0.5) is 0 Å². The number of nitrogens with one attached hydrogen (secondary N) is 1. The van der Waals surface area contributed by atoms with E-state index in [-0.39, 0.29) is 5.91 Å². The molecule has 1 aromatic carbocycles. The summed E-state index contributed by atoms with van der Waals surface area (Å²) in [5.74, 6) is 2.21. The van der Waals surface area contributed by atoms with Crippen molar-refractivity contribution in [2.45, 2.75) is 51.5 Å². The standard InChI is InChI=1S/C22H24BrN3O2/c1-13-11-15(22(27)26-10-4-6-14-5-2-3-7-17(14)26)12-16-20(13)25-21(24-16)18-8-9-19(23)28-18/h8-9,11-12,14,17H,2-7,10H2,1H3,(H,24,25). The van der Waals surface area contributed by atoms with Crippen LogP contribution in [0.2, 0.25) is 0 Å². The lowest BCUT2D eigenvalue weighted by Crippen LogP contribution is -2.49. The van der Waals surface area contributed by atoms with Crippen LogP contribution in [0.15, 0.2) is 33.4 Å². The van der Waals surface area contributed by atoms with Gasteiger partial charge in [0.2, 0.25) is 0 Å². The number of likely N-dealkylation sites (tertiary alicyclic amines) is 1. The zero-order chi connectivity index (χ0) is 19.3. The van der Waals surface area contributed by atoms with Crippen LogP contribution in [0.25, 0.3) is 22.6 Å². The fourth-order valence-corrected chi connectivity index (χ4v) is 5.32. The lowest BCUT2D eigenvalue weighted by molar-refractivity contribution is 0.0391. The van der Waals surface area contributed by atoms with Crippen LogP contribution in [0.1, 0.15) is 54.4 Å². The molecule has 2 unspecified atom stereocenters. The van der Waals surface area contributed by atoms with Gasteiger partial charge in [0, 0.05) is 18.2 Å². The highest BCUT2D eigenvalue weighted by Crippen LogP contribution is 2.36. The summed E-state index contributed by atoms with van der Waals surface area (Å²) in [6.45, 7) is 2.90. The summed E-state index contributed by atoms with van der Waals surface area (Å²) in [5.41, 5.74) is 3.52.